The summed E-state index contributed by atoms with van der Waals surface area (Å²) in [6.45, 7) is 3.66. The first-order valence-corrected chi connectivity index (χ1v) is 11.6. The Hall–Kier alpha value is -3.49. The van der Waals surface area contributed by atoms with Crippen LogP contribution in [0.3, 0.4) is 0 Å². The minimum Gasteiger partial charge on any atom is -0.497 e. The Morgan fingerprint density at radius 1 is 1.00 bits per heavy atom. The molecule has 0 aliphatic heterocycles. The lowest BCUT2D eigenvalue weighted by Gasteiger charge is -2.23. The first-order valence-electron chi connectivity index (χ1n) is 9.74. The Morgan fingerprint density at radius 2 is 1.67 bits per heavy atom. The van der Waals surface area contributed by atoms with Crippen molar-refractivity contribution in [3.63, 3.8) is 0 Å². The minimum atomic E-state index is -4.06. The number of methoxy groups -OCH3 is 2. The molecule has 3 rings (SSSR count). The summed E-state index contributed by atoms with van der Waals surface area (Å²) in [5, 5.41) is 0.0496. The van der Waals surface area contributed by atoms with Crippen molar-refractivity contribution in [2.24, 2.45) is 0 Å². The molecule has 3 aromatic rings. The standard InChI is InChI=1S/C24H22ClNO6S/c1-4-15-26(17-9-11-18(30-2)12-10-17)33(28,29)19-13-14-21(25)20(16-19)24(27)32-23-8-6-5-7-22(23)31-3/h4-14,16H,1,15H2,2-3H3. The summed E-state index contributed by atoms with van der Waals surface area (Å²) in [6.07, 6.45) is 1.47. The number of halogens is 1. The maximum atomic E-state index is 13.5. The van der Waals surface area contributed by atoms with Gasteiger partial charge in [-0.25, -0.2) is 13.2 Å². The normalized spacial score (nSPS) is 10.9. The number of carbonyl (C=O) groups is 1. The summed E-state index contributed by atoms with van der Waals surface area (Å²) < 4.78 is 43.8. The fourth-order valence-electron chi connectivity index (χ4n) is 3.01. The number of sulfonamides is 1. The van der Waals surface area contributed by atoms with Crippen molar-refractivity contribution < 1.29 is 27.4 Å². The number of esters is 1. The van der Waals surface area contributed by atoms with Crippen LogP contribution in [0.2, 0.25) is 5.02 Å². The van der Waals surface area contributed by atoms with E-state index in [4.69, 9.17) is 25.8 Å². The molecule has 0 amide bonds. The summed E-state index contributed by atoms with van der Waals surface area (Å²) in [5.41, 5.74) is 0.306. The Balaban J connectivity index is 1.98. The molecule has 0 heterocycles. The largest absolute Gasteiger partial charge is 0.497 e. The van der Waals surface area contributed by atoms with Crippen molar-refractivity contribution in [1.82, 2.24) is 0 Å². The molecular formula is C24H22ClNO6S. The van der Waals surface area contributed by atoms with Crippen LogP contribution in [0.4, 0.5) is 5.69 Å². The maximum Gasteiger partial charge on any atom is 0.345 e. The van der Waals surface area contributed by atoms with Crippen molar-refractivity contribution >= 4 is 33.3 Å². The number of ether oxygens (including phenoxy) is 3. The van der Waals surface area contributed by atoms with Crippen molar-refractivity contribution in [3.8, 4) is 17.2 Å². The smallest absolute Gasteiger partial charge is 0.345 e. The van der Waals surface area contributed by atoms with Crippen LogP contribution in [0.1, 0.15) is 10.4 Å². The predicted molar refractivity (Wildman–Crippen MR) is 127 cm³/mol. The molecule has 0 spiro atoms. The average Bonchev–Trinajstić information content (AvgIpc) is 2.83. The van der Waals surface area contributed by atoms with E-state index in [1.54, 1.807) is 48.5 Å². The van der Waals surface area contributed by atoms with Crippen LogP contribution in [-0.2, 0) is 10.0 Å². The average molecular weight is 488 g/mol. The SMILES string of the molecule is C=CCN(c1ccc(OC)cc1)S(=O)(=O)c1ccc(Cl)c(C(=O)Oc2ccccc2OC)c1. The number of anilines is 1. The summed E-state index contributed by atoms with van der Waals surface area (Å²) in [6, 6.07) is 17.0. The van der Waals surface area contributed by atoms with E-state index < -0.39 is 16.0 Å². The van der Waals surface area contributed by atoms with Gasteiger partial charge < -0.3 is 14.2 Å². The van der Waals surface area contributed by atoms with E-state index in [1.807, 2.05) is 0 Å². The Labute approximate surface area is 197 Å². The van der Waals surface area contributed by atoms with Crippen LogP contribution >= 0.6 is 11.6 Å². The minimum absolute atomic E-state index is 0.0122. The second-order valence-electron chi connectivity index (χ2n) is 6.70. The summed E-state index contributed by atoms with van der Waals surface area (Å²) in [7, 11) is -1.10. The zero-order valence-electron chi connectivity index (χ0n) is 18.0. The molecule has 3 aromatic carbocycles. The van der Waals surface area contributed by atoms with Gasteiger partial charge in [0.2, 0.25) is 0 Å². The Bertz CT molecular complexity index is 1260. The summed E-state index contributed by atoms with van der Waals surface area (Å²) >= 11 is 6.20. The highest BCUT2D eigenvalue weighted by Gasteiger charge is 2.27. The Morgan fingerprint density at radius 3 is 2.27 bits per heavy atom. The van der Waals surface area contributed by atoms with E-state index in [0.29, 0.717) is 17.2 Å². The van der Waals surface area contributed by atoms with E-state index in [-0.39, 0.29) is 27.8 Å². The number of para-hydroxylation sites is 2. The fraction of sp³-hybridized carbons (Fsp3) is 0.125. The van der Waals surface area contributed by atoms with Crippen molar-refractivity contribution in [3.05, 3.63) is 90.0 Å². The monoisotopic (exact) mass is 487 g/mol. The maximum absolute atomic E-state index is 13.5. The van der Waals surface area contributed by atoms with Gasteiger partial charge in [0, 0.05) is 0 Å². The van der Waals surface area contributed by atoms with Gasteiger partial charge in [-0.1, -0.05) is 29.8 Å². The molecule has 0 aromatic heterocycles. The lowest BCUT2D eigenvalue weighted by molar-refractivity contribution is 0.0729. The zero-order valence-corrected chi connectivity index (χ0v) is 19.6. The molecule has 0 atom stereocenters. The van der Waals surface area contributed by atoms with Crippen molar-refractivity contribution in [2.75, 3.05) is 25.1 Å². The van der Waals surface area contributed by atoms with Gasteiger partial charge in [0.1, 0.15) is 5.75 Å². The topological polar surface area (TPSA) is 82.1 Å². The van der Waals surface area contributed by atoms with Crippen LogP contribution in [0.15, 0.2) is 84.3 Å². The summed E-state index contributed by atoms with van der Waals surface area (Å²) in [4.78, 5) is 12.7. The molecule has 0 fully saturated rings. The molecular weight excluding hydrogens is 466 g/mol. The quantitative estimate of drug-likeness (QED) is 0.241. The highest BCUT2D eigenvalue weighted by atomic mass is 35.5. The number of carbonyl (C=O) groups excluding carboxylic acids is 1. The Kier molecular flexibility index (Phi) is 7.63. The third-order valence-electron chi connectivity index (χ3n) is 4.67. The van der Waals surface area contributed by atoms with Crippen LogP contribution in [-0.4, -0.2) is 35.2 Å². The van der Waals surface area contributed by atoms with E-state index >= 15 is 0 Å². The summed E-state index contributed by atoms with van der Waals surface area (Å²) in [5.74, 6) is 0.298. The van der Waals surface area contributed by atoms with Crippen LogP contribution in [0.5, 0.6) is 17.2 Å². The molecule has 0 bridgehead atoms. The number of hydrogen-bond donors (Lipinski definition) is 0. The number of benzene rings is 3. The van der Waals surface area contributed by atoms with Gasteiger partial charge in [-0.2, -0.15) is 0 Å². The highest BCUT2D eigenvalue weighted by Crippen LogP contribution is 2.30. The van der Waals surface area contributed by atoms with E-state index in [9.17, 15) is 13.2 Å². The lowest BCUT2D eigenvalue weighted by Crippen LogP contribution is -2.31. The van der Waals surface area contributed by atoms with Gasteiger partial charge in [0.25, 0.3) is 10.0 Å². The zero-order chi connectivity index (χ0) is 24.0. The van der Waals surface area contributed by atoms with E-state index in [0.717, 1.165) is 4.31 Å². The first-order chi connectivity index (χ1) is 15.8. The van der Waals surface area contributed by atoms with Crippen molar-refractivity contribution in [1.29, 1.82) is 0 Å². The van der Waals surface area contributed by atoms with Gasteiger partial charge in [0.15, 0.2) is 11.5 Å². The van der Waals surface area contributed by atoms with Gasteiger partial charge in [0.05, 0.1) is 41.9 Å². The van der Waals surface area contributed by atoms with Crippen LogP contribution < -0.4 is 18.5 Å². The van der Waals surface area contributed by atoms with Gasteiger partial charge in [-0.15, -0.1) is 6.58 Å². The predicted octanol–water partition coefficient (Wildman–Crippen LogP) is 4.96. The molecule has 9 heteroatoms. The molecule has 0 unspecified atom stereocenters. The van der Waals surface area contributed by atoms with Gasteiger partial charge in [-0.3, -0.25) is 4.31 Å². The van der Waals surface area contributed by atoms with Crippen molar-refractivity contribution in [2.45, 2.75) is 4.90 Å². The first kappa shape index (κ1) is 24.2. The molecule has 172 valence electrons. The number of rotatable bonds is 9. The third-order valence-corrected chi connectivity index (χ3v) is 6.79. The number of hydrogen-bond acceptors (Lipinski definition) is 6. The molecule has 0 aliphatic rings. The molecule has 0 saturated heterocycles. The van der Waals surface area contributed by atoms with Gasteiger partial charge >= 0.3 is 5.97 Å². The second-order valence-corrected chi connectivity index (χ2v) is 8.97. The van der Waals surface area contributed by atoms with E-state index in [1.165, 1.54) is 38.5 Å². The van der Waals surface area contributed by atoms with Crippen LogP contribution in [0, 0.1) is 0 Å². The number of nitrogens with zero attached hydrogens (tertiary/aromatic N) is 1. The van der Waals surface area contributed by atoms with Crippen LogP contribution in [0.25, 0.3) is 0 Å². The molecule has 0 radical (unpaired) electrons. The van der Waals surface area contributed by atoms with Gasteiger partial charge in [-0.05, 0) is 54.6 Å². The third kappa shape index (κ3) is 5.30. The molecule has 7 nitrogen and oxygen atoms in total. The fourth-order valence-corrected chi connectivity index (χ4v) is 4.67. The lowest BCUT2D eigenvalue weighted by atomic mass is 10.2. The van der Waals surface area contributed by atoms with E-state index in [2.05, 4.69) is 6.58 Å². The molecule has 33 heavy (non-hydrogen) atoms. The highest BCUT2D eigenvalue weighted by molar-refractivity contribution is 7.92. The molecule has 0 aliphatic carbocycles. The molecule has 0 saturated carbocycles. The molecule has 0 N–H and O–H groups in total. The second kappa shape index (κ2) is 10.4.